The van der Waals surface area contributed by atoms with Crippen molar-refractivity contribution in [3.63, 3.8) is 0 Å². The molecular formula is C26H24FN3O2. The van der Waals surface area contributed by atoms with Gasteiger partial charge in [0, 0.05) is 23.9 Å². The molecule has 1 saturated heterocycles. The Balaban J connectivity index is 1.45. The molecule has 2 aliphatic heterocycles. The molecule has 0 saturated carbocycles. The van der Waals surface area contributed by atoms with Crippen molar-refractivity contribution in [2.45, 2.75) is 32.2 Å². The van der Waals surface area contributed by atoms with Crippen molar-refractivity contribution in [1.82, 2.24) is 14.5 Å². The molecule has 2 aliphatic rings. The van der Waals surface area contributed by atoms with Crippen LogP contribution in [0.5, 0.6) is 5.75 Å². The number of hydrogen-bond donors (Lipinski definition) is 0. The fourth-order valence-corrected chi connectivity index (χ4v) is 4.56. The van der Waals surface area contributed by atoms with Crippen LogP contribution in [0.3, 0.4) is 0 Å². The Kier molecular flexibility index (Phi) is 5.13. The molecule has 0 radical (unpaired) electrons. The minimum absolute atomic E-state index is 0.0125. The second kappa shape index (κ2) is 8.11. The Morgan fingerprint density at radius 3 is 2.72 bits per heavy atom. The Labute approximate surface area is 186 Å². The lowest BCUT2D eigenvalue weighted by molar-refractivity contribution is -0.125. The van der Waals surface area contributed by atoms with Crippen molar-refractivity contribution < 1.29 is 13.9 Å². The van der Waals surface area contributed by atoms with Crippen LogP contribution in [0.25, 0.3) is 11.8 Å². The number of ether oxygens (including phenoxy) is 1. The molecule has 0 aliphatic carbocycles. The third-order valence-corrected chi connectivity index (χ3v) is 6.10. The molecule has 32 heavy (non-hydrogen) atoms. The third kappa shape index (κ3) is 3.62. The van der Waals surface area contributed by atoms with Gasteiger partial charge in [0.2, 0.25) is 0 Å². The van der Waals surface area contributed by atoms with E-state index in [0.717, 1.165) is 46.6 Å². The van der Waals surface area contributed by atoms with Gasteiger partial charge in [0.1, 0.15) is 11.6 Å². The van der Waals surface area contributed by atoms with E-state index >= 15 is 0 Å². The molecule has 3 heterocycles. The number of carbonyl (C=O) groups is 1. The third-order valence-electron chi connectivity index (χ3n) is 6.10. The van der Waals surface area contributed by atoms with E-state index in [1.807, 2.05) is 46.9 Å². The summed E-state index contributed by atoms with van der Waals surface area (Å²) in [5.41, 5.74) is 5.47. The van der Waals surface area contributed by atoms with Gasteiger partial charge in [-0.25, -0.2) is 9.37 Å². The van der Waals surface area contributed by atoms with Crippen LogP contribution in [0.1, 0.15) is 42.1 Å². The van der Waals surface area contributed by atoms with Crippen LogP contribution < -0.4 is 4.74 Å². The predicted molar refractivity (Wildman–Crippen MR) is 121 cm³/mol. The highest BCUT2D eigenvalue weighted by molar-refractivity contribution is 6.02. The summed E-state index contributed by atoms with van der Waals surface area (Å²) >= 11 is 0. The number of aryl methyl sites for hydroxylation is 1. The molecule has 1 fully saturated rings. The number of hydrogen-bond acceptors (Lipinski definition) is 3. The zero-order valence-corrected chi connectivity index (χ0v) is 18.1. The van der Waals surface area contributed by atoms with Crippen LogP contribution in [0.15, 0.2) is 72.3 Å². The summed E-state index contributed by atoms with van der Waals surface area (Å²) in [6.45, 7) is 1.94. The largest absolute Gasteiger partial charge is 0.495 e. The molecule has 1 atom stereocenters. The fourth-order valence-electron chi connectivity index (χ4n) is 4.56. The Bertz CT molecular complexity index is 1240. The van der Waals surface area contributed by atoms with Gasteiger partial charge in [0.15, 0.2) is 0 Å². The van der Waals surface area contributed by atoms with E-state index in [-0.39, 0.29) is 17.8 Å². The predicted octanol–water partition coefficient (Wildman–Crippen LogP) is 5.36. The van der Waals surface area contributed by atoms with E-state index in [9.17, 15) is 9.18 Å². The minimum Gasteiger partial charge on any atom is -0.495 e. The average molecular weight is 429 g/mol. The number of carbonyl (C=O) groups excluding carboxylic acids is 1. The van der Waals surface area contributed by atoms with E-state index in [4.69, 9.17) is 4.74 Å². The van der Waals surface area contributed by atoms with Gasteiger partial charge in [-0.3, -0.25) is 4.79 Å². The van der Waals surface area contributed by atoms with Gasteiger partial charge in [0.25, 0.3) is 5.91 Å². The van der Waals surface area contributed by atoms with Crippen LogP contribution in [0, 0.1) is 12.7 Å². The summed E-state index contributed by atoms with van der Waals surface area (Å²) in [6, 6.07) is 12.3. The maximum absolute atomic E-state index is 13.4. The Morgan fingerprint density at radius 1 is 1.19 bits per heavy atom. The van der Waals surface area contributed by atoms with Crippen LogP contribution in [0.2, 0.25) is 0 Å². The molecule has 3 aromatic rings. The summed E-state index contributed by atoms with van der Waals surface area (Å²) in [7, 11) is 1.64. The highest BCUT2D eigenvalue weighted by atomic mass is 19.1. The molecule has 5 rings (SSSR count). The molecule has 0 unspecified atom stereocenters. The first-order valence-electron chi connectivity index (χ1n) is 10.7. The standard InChI is InChI=1S/C26H24FN3O2/c1-17-15-29(16-28-17)24-11-6-18(13-25(24)32-2)12-20-14-22-4-3-5-23(30(22)26(20)31)19-7-9-21(27)10-8-19/h4,6-13,15-16,23H,3,5,14H2,1-2H3/t23-/m0/s1. The quantitative estimate of drug-likeness (QED) is 0.525. The molecule has 2 aromatic carbocycles. The second-order valence-corrected chi connectivity index (χ2v) is 8.22. The average Bonchev–Trinajstić information content (AvgIpc) is 3.37. The molecule has 6 heteroatoms. The number of amides is 1. The number of allylic oxidation sites excluding steroid dienone is 2. The maximum atomic E-state index is 13.4. The summed E-state index contributed by atoms with van der Waals surface area (Å²) in [4.78, 5) is 19.5. The number of aromatic nitrogens is 2. The molecule has 0 spiro atoms. The minimum atomic E-state index is -0.267. The number of imidazole rings is 1. The number of fused-ring (bicyclic) bond motifs is 1. The van der Waals surface area contributed by atoms with Crippen molar-refractivity contribution in [2.24, 2.45) is 0 Å². The summed E-state index contributed by atoms with van der Waals surface area (Å²) in [6.07, 6.45) is 10.1. The van der Waals surface area contributed by atoms with Gasteiger partial charge in [-0.15, -0.1) is 0 Å². The van der Waals surface area contributed by atoms with Gasteiger partial charge in [-0.2, -0.15) is 0 Å². The van der Waals surface area contributed by atoms with Gasteiger partial charge in [-0.05, 0) is 61.2 Å². The molecule has 162 valence electrons. The van der Waals surface area contributed by atoms with Gasteiger partial charge in [-0.1, -0.05) is 24.3 Å². The number of benzene rings is 2. The van der Waals surface area contributed by atoms with Crippen LogP contribution in [-0.4, -0.2) is 27.5 Å². The van der Waals surface area contributed by atoms with Gasteiger partial charge >= 0.3 is 0 Å². The molecular weight excluding hydrogens is 405 g/mol. The van der Waals surface area contributed by atoms with Crippen LogP contribution in [-0.2, 0) is 4.79 Å². The summed E-state index contributed by atoms with van der Waals surface area (Å²) in [5.74, 6) is 0.457. The first-order valence-corrected chi connectivity index (χ1v) is 10.7. The smallest absolute Gasteiger partial charge is 0.254 e. The topological polar surface area (TPSA) is 47.4 Å². The van der Waals surface area contributed by atoms with Crippen molar-refractivity contribution in [1.29, 1.82) is 0 Å². The Morgan fingerprint density at radius 2 is 2.00 bits per heavy atom. The zero-order valence-electron chi connectivity index (χ0n) is 18.1. The van der Waals surface area contributed by atoms with Crippen LogP contribution in [0.4, 0.5) is 4.39 Å². The molecule has 1 aromatic heterocycles. The number of nitrogens with zero attached hydrogens (tertiary/aromatic N) is 3. The SMILES string of the molecule is COc1cc(C=C2CC3=CCC[C@@H](c4ccc(F)cc4)N3C2=O)ccc1-n1cnc(C)c1. The summed E-state index contributed by atoms with van der Waals surface area (Å²) < 4.78 is 20.9. The Hall–Kier alpha value is -3.67. The van der Waals surface area contributed by atoms with E-state index in [1.54, 1.807) is 25.6 Å². The highest BCUT2D eigenvalue weighted by Crippen LogP contribution is 2.42. The molecule has 5 nitrogen and oxygen atoms in total. The highest BCUT2D eigenvalue weighted by Gasteiger charge is 2.38. The lowest BCUT2D eigenvalue weighted by atomic mass is 9.97. The van der Waals surface area contributed by atoms with E-state index in [1.165, 1.54) is 12.1 Å². The van der Waals surface area contributed by atoms with Crippen molar-refractivity contribution in [3.05, 3.63) is 95.0 Å². The van der Waals surface area contributed by atoms with Crippen molar-refractivity contribution in [2.75, 3.05) is 7.11 Å². The molecule has 0 bridgehead atoms. The second-order valence-electron chi connectivity index (χ2n) is 8.22. The van der Waals surface area contributed by atoms with Crippen molar-refractivity contribution in [3.8, 4) is 11.4 Å². The van der Waals surface area contributed by atoms with E-state index in [0.29, 0.717) is 12.2 Å². The zero-order chi connectivity index (χ0) is 22.2. The first kappa shape index (κ1) is 20.2. The van der Waals surface area contributed by atoms with Crippen molar-refractivity contribution >= 4 is 12.0 Å². The fraction of sp³-hybridized carbons (Fsp3) is 0.231. The normalized spacial score (nSPS) is 19.3. The summed E-state index contributed by atoms with van der Waals surface area (Å²) in [5, 5.41) is 0. The molecule has 0 N–H and O–H groups in total. The number of halogens is 1. The maximum Gasteiger partial charge on any atom is 0.254 e. The van der Waals surface area contributed by atoms with E-state index < -0.39 is 0 Å². The lowest BCUT2D eigenvalue weighted by Gasteiger charge is -2.32. The van der Waals surface area contributed by atoms with E-state index in [2.05, 4.69) is 11.1 Å². The lowest BCUT2D eigenvalue weighted by Crippen LogP contribution is -2.31. The van der Waals surface area contributed by atoms with Gasteiger partial charge in [0.05, 0.1) is 30.9 Å². The first-order chi connectivity index (χ1) is 15.5. The van der Waals surface area contributed by atoms with Gasteiger partial charge < -0.3 is 14.2 Å². The number of rotatable bonds is 4. The number of methoxy groups -OCH3 is 1. The molecule has 1 amide bonds. The monoisotopic (exact) mass is 429 g/mol. The van der Waals surface area contributed by atoms with Crippen LogP contribution >= 0.6 is 0 Å².